The number of carbonyl (C=O) groups excluding carboxylic acids is 1. The minimum Gasteiger partial charge on any atom is -0.353 e. The maximum absolute atomic E-state index is 14.1. The lowest BCUT2D eigenvalue weighted by Gasteiger charge is -2.41. The van der Waals surface area contributed by atoms with Gasteiger partial charge in [0.05, 0.1) is 12.5 Å². The van der Waals surface area contributed by atoms with Crippen LogP contribution in [0.3, 0.4) is 0 Å². The second-order valence-corrected chi connectivity index (χ2v) is 5.63. The molecule has 20 heavy (non-hydrogen) atoms. The number of ether oxygens (including phenoxy) is 2. The van der Waals surface area contributed by atoms with Crippen LogP contribution in [0.15, 0.2) is 0 Å². The van der Waals surface area contributed by atoms with Gasteiger partial charge in [0.25, 0.3) is 0 Å². The van der Waals surface area contributed by atoms with E-state index >= 15 is 0 Å². The number of rotatable bonds is 8. The summed E-state index contributed by atoms with van der Waals surface area (Å²) >= 11 is 0. The molecule has 0 saturated heterocycles. The van der Waals surface area contributed by atoms with Gasteiger partial charge in [0.1, 0.15) is 0 Å². The van der Waals surface area contributed by atoms with E-state index < -0.39 is 31.9 Å². The van der Waals surface area contributed by atoms with E-state index in [1.165, 1.54) is 14.2 Å². The van der Waals surface area contributed by atoms with Crippen LogP contribution in [0.25, 0.3) is 0 Å². The van der Waals surface area contributed by atoms with E-state index in [4.69, 9.17) is 14.4 Å². The molecule has 1 N–H and O–H groups in total. The van der Waals surface area contributed by atoms with Gasteiger partial charge in [-0.2, -0.15) is 0 Å². The predicted octanol–water partition coefficient (Wildman–Crippen LogP) is 1.86. The number of carbonyl (C=O) groups is 1. The minimum atomic E-state index is -2.97. The van der Waals surface area contributed by atoms with Gasteiger partial charge >= 0.3 is 8.25 Å². The summed E-state index contributed by atoms with van der Waals surface area (Å²) in [6.07, 6.45) is 0.424. The molecule has 118 valence electrons. The molecule has 1 fully saturated rings. The lowest BCUT2D eigenvalue weighted by molar-refractivity contribution is -0.257. The van der Waals surface area contributed by atoms with Crippen molar-refractivity contribution in [2.24, 2.45) is 5.92 Å². The minimum absolute atomic E-state index is 0.0559. The van der Waals surface area contributed by atoms with E-state index in [9.17, 15) is 13.8 Å². The van der Waals surface area contributed by atoms with Crippen LogP contribution in [-0.2, 0) is 23.4 Å². The Morgan fingerprint density at radius 3 is 2.65 bits per heavy atom. The molecule has 0 aliphatic heterocycles. The number of alkyl halides is 1. The first-order chi connectivity index (χ1) is 9.46. The predicted molar refractivity (Wildman–Crippen MR) is 70.4 cm³/mol. The molecular weight excluding hydrogens is 290 g/mol. The highest BCUT2D eigenvalue weighted by molar-refractivity contribution is 7.32. The molecule has 8 heteroatoms. The van der Waals surface area contributed by atoms with Gasteiger partial charge in [-0.25, -0.2) is 4.39 Å². The third-order valence-corrected chi connectivity index (χ3v) is 4.20. The number of hydrogen-bond acceptors (Lipinski definition) is 5. The molecule has 0 aromatic heterocycles. The molecule has 0 heterocycles. The average molecular weight is 312 g/mol. The van der Waals surface area contributed by atoms with E-state index in [1.54, 1.807) is 0 Å². The molecule has 1 aliphatic rings. The van der Waals surface area contributed by atoms with Gasteiger partial charge in [-0.05, 0) is 19.3 Å². The molecule has 6 nitrogen and oxygen atoms in total. The number of Topliss-reactive ketones (excluding diaryl/α,β-unsaturated/α-hetero) is 1. The highest BCUT2D eigenvalue weighted by Gasteiger charge is 2.47. The number of ketones is 1. The van der Waals surface area contributed by atoms with Gasteiger partial charge in [-0.1, -0.05) is 0 Å². The third kappa shape index (κ3) is 4.33. The third-order valence-electron chi connectivity index (χ3n) is 3.75. The van der Waals surface area contributed by atoms with E-state index in [2.05, 4.69) is 4.52 Å². The number of halogens is 1. The van der Waals surface area contributed by atoms with Crippen LogP contribution < -0.4 is 0 Å². The molecule has 1 saturated carbocycles. The summed E-state index contributed by atoms with van der Waals surface area (Å²) in [5.74, 6) is -2.29. The van der Waals surface area contributed by atoms with Crippen molar-refractivity contribution in [2.45, 2.75) is 44.1 Å². The van der Waals surface area contributed by atoms with Gasteiger partial charge in [0.15, 0.2) is 17.7 Å². The second kappa shape index (κ2) is 8.20. The van der Waals surface area contributed by atoms with Crippen LogP contribution in [0.1, 0.15) is 32.1 Å². The normalized spacial score (nSPS) is 25.7. The summed E-state index contributed by atoms with van der Waals surface area (Å²) in [5, 5.41) is 0. The Balaban J connectivity index is 2.69. The molecule has 0 spiro atoms. The van der Waals surface area contributed by atoms with Crippen molar-refractivity contribution >= 4 is 14.0 Å². The zero-order chi connectivity index (χ0) is 15.2. The second-order valence-electron chi connectivity index (χ2n) is 4.80. The van der Waals surface area contributed by atoms with Crippen molar-refractivity contribution in [1.29, 1.82) is 0 Å². The Bertz CT molecular complexity index is 347. The fourth-order valence-electron chi connectivity index (χ4n) is 2.70. The highest BCUT2D eigenvalue weighted by atomic mass is 31.1. The first-order valence-corrected chi connectivity index (χ1v) is 7.86. The lowest BCUT2D eigenvalue weighted by Crippen LogP contribution is -2.50. The van der Waals surface area contributed by atoms with Crippen molar-refractivity contribution < 1.29 is 32.6 Å². The fourth-order valence-corrected chi connectivity index (χ4v) is 3.02. The number of hydrogen-bond donors (Lipinski definition) is 1. The summed E-state index contributed by atoms with van der Waals surface area (Å²) in [6.45, 7) is 0.0559. The van der Waals surface area contributed by atoms with Crippen LogP contribution >= 0.6 is 8.25 Å². The van der Waals surface area contributed by atoms with Crippen LogP contribution in [-0.4, -0.2) is 43.5 Å². The summed E-state index contributed by atoms with van der Waals surface area (Å²) in [6, 6.07) is 0. The Morgan fingerprint density at radius 2 is 2.10 bits per heavy atom. The molecule has 0 bridgehead atoms. The monoisotopic (exact) mass is 312 g/mol. The van der Waals surface area contributed by atoms with E-state index in [0.717, 1.165) is 0 Å². The molecule has 0 aromatic rings. The molecule has 1 aliphatic carbocycles. The van der Waals surface area contributed by atoms with Gasteiger partial charge in [-0.15, -0.1) is 0 Å². The lowest BCUT2D eigenvalue weighted by atomic mass is 9.79. The van der Waals surface area contributed by atoms with Crippen LogP contribution in [0.4, 0.5) is 4.39 Å². The van der Waals surface area contributed by atoms with E-state index in [1.807, 2.05) is 0 Å². The van der Waals surface area contributed by atoms with Crippen LogP contribution in [0, 0.1) is 5.92 Å². The van der Waals surface area contributed by atoms with Crippen molar-refractivity contribution in [3.8, 4) is 0 Å². The SMILES string of the molecule is COC(CCCO[PH](=O)O)(OC)C1CCCC(=O)C1F. The largest absolute Gasteiger partial charge is 0.353 e. The molecular formula is C12H22FO6P. The smallest absolute Gasteiger partial charge is 0.316 e. The van der Waals surface area contributed by atoms with Crippen LogP contribution in [0.2, 0.25) is 0 Å². The van der Waals surface area contributed by atoms with Crippen LogP contribution in [0.5, 0.6) is 0 Å². The zero-order valence-electron chi connectivity index (χ0n) is 11.8. The van der Waals surface area contributed by atoms with Crippen molar-refractivity contribution in [3.05, 3.63) is 0 Å². The summed E-state index contributed by atoms with van der Waals surface area (Å²) < 4.78 is 39.9. The van der Waals surface area contributed by atoms with Crippen molar-refractivity contribution in [2.75, 3.05) is 20.8 Å². The molecule has 3 unspecified atom stereocenters. The van der Waals surface area contributed by atoms with Gasteiger partial charge in [0.2, 0.25) is 0 Å². The van der Waals surface area contributed by atoms with Gasteiger partial charge < -0.3 is 18.9 Å². The molecule has 0 radical (unpaired) electrons. The van der Waals surface area contributed by atoms with Crippen molar-refractivity contribution in [1.82, 2.24) is 0 Å². The Morgan fingerprint density at radius 1 is 1.45 bits per heavy atom. The fraction of sp³-hybridized carbons (Fsp3) is 0.917. The van der Waals surface area contributed by atoms with Gasteiger partial charge in [0, 0.05) is 27.1 Å². The average Bonchev–Trinajstić information content (AvgIpc) is 2.43. The van der Waals surface area contributed by atoms with E-state index in [0.29, 0.717) is 19.3 Å². The molecule has 1 rings (SSSR count). The standard InChI is InChI=1S/C12H22FO6P/c1-17-12(18-2,7-4-8-19-20(15)16)9-5-3-6-10(14)11(9)13/h9,11,20H,3-8H2,1-2H3,(H,15,16). The summed E-state index contributed by atoms with van der Waals surface area (Å²) in [4.78, 5) is 20.1. The molecule has 0 aromatic carbocycles. The zero-order valence-corrected chi connectivity index (χ0v) is 12.8. The highest BCUT2D eigenvalue weighted by Crippen LogP contribution is 2.39. The summed E-state index contributed by atoms with van der Waals surface area (Å²) in [5.41, 5.74) is 0. The van der Waals surface area contributed by atoms with E-state index in [-0.39, 0.29) is 19.4 Å². The maximum atomic E-state index is 14.1. The Kier molecular flexibility index (Phi) is 7.26. The first-order valence-electron chi connectivity index (χ1n) is 6.59. The Labute approximate surface area is 118 Å². The topological polar surface area (TPSA) is 82.1 Å². The quantitative estimate of drug-likeness (QED) is 0.418. The Hall–Kier alpha value is -0.330. The number of methoxy groups -OCH3 is 2. The maximum Gasteiger partial charge on any atom is 0.316 e. The van der Waals surface area contributed by atoms with Gasteiger partial charge in [-0.3, -0.25) is 9.36 Å². The first kappa shape index (κ1) is 17.7. The molecule has 3 atom stereocenters. The van der Waals surface area contributed by atoms with Crippen molar-refractivity contribution in [3.63, 3.8) is 0 Å². The molecule has 0 amide bonds. The summed E-state index contributed by atoms with van der Waals surface area (Å²) in [7, 11) is -0.153.